The predicted octanol–water partition coefficient (Wildman–Crippen LogP) is 0.540. The van der Waals surface area contributed by atoms with E-state index in [0.717, 1.165) is 25.9 Å². The van der Waals surface area contributed by atoms with E-state index in [1.165, 1.54) is 0 Å². The van der Waals surface area contributed by atoms with Crippen molar-refractivity contribution in [3.8, 4) is 0 Å². The summed E-state index contributed by atoms with van der Waals surface area (Å²) >= 11 is 0. The van der Waals surface area contributed by atoms with Gasteiger partial charge >= 0.3 is 0 Å². The molecule has 0 saturated carbocycles. The van der Waals surface area contributed by atoms with Crippen molar-refractivity contribution in [2.75, 3.05) is 26.3 Å². The molecule has 15 heavy (non-hydrogen) atoms. The van der Waals surface area contributed by atoms with Crippen molar-refractivity contribution in [1.82, 2.24) is 4.90 Å². The van der Waals surface area contributed by atoms with Crippen LogP contribution in [0.15, 0.2) is 0 Å². The molecule has 0 atom stereocenters. The van der Waals surface area contributed by atoms with Gasteiger partial charge in [-0.3, -0.25) is 4.79 Å². The molecule has 1 amide bonds. The van der Waals surface area contributed by atoms with E-state index in [-0.39, 0.29) is 12.3 Å². The third-order valence-corrected chi connectivity index (χ3v) is 3.36. The summed E-state index contributed by atoms with van der Waals surface area (Å²) in [5.74, 6) is 0.108. The van der Waals surface area contributed by atoms with Crippen molar-refractivity contribution in [1.29, 1.82) is 0 Å². The molecule has 86 valence electrons. The van der Waals surface area contributed by atoms with Gasteiger partial charge in [-0.05, 0) is 12.8 Å². The van der Waals surface area contributed by atoms with E-state index in [9.17, 15) is 9.90 Å². The number of likely N-dealkylation sites (tertiary alicyclic amines) is 1. The minimum Gasteiger partial charge on any atom is -0.389 e. The maximum Gasteiger partial charge on any atom is 0.225 e. The van der Waals surface area contributed by atoms with Crippen molar-refractivity contribution < 1.29 is 14.6 Å². The summed E-state index contributed by atoms with van der Waals surface area (Å²) in [4.78, 5) is 13.7. The zero-order valence-corrected chi connectivity index (χ0v) is 9.07. The lowest BCUT2D eigenvalue weighted by Crippen LogP contribution is -2.42. The highest BCUT2D eigenvalue weighted by Gasteiger charge is 2.34. The van der Waals surface area contributed by atoms with Crippen LogP contribution in [-0.2, 0) is 9.53 Å². The first-order valence-corrected chi connectivity index (χ1v) is 5.78. The molecule has 2 fully saturated rings. The SMILES string of the molecule is O=C(CC1(O)CCOCC1)N1CCCC1. The van der Waals surface area contributed by atoms with Crippen molar-refractivity contribution in [3.05, 3.63) is 0 Å². The quantitative estimate of drug-likeness (QED) is 0.728. The van der Waals surface area contributed by atoms with Crippen LogP contribution in [0.1, 0.15) is 32.1 Å². The van der Waals surface area contributed by atoms with Crippen LogP contribution in [0, 0.1) is 0 Å². The van der Waals surface area contributed by atoms with Crippen molar-refractivity contribution in [3.63, 3.8) is 0 Å². The number of aliphatic hydroxyl groups is 1. The zero-order chi connectivity index (χ0) is 10.7. The predicted molar refractivity (Wildman–Crippen MR) is 55.4 cm³/mol. The van der Waals surface area contributed by atoms with Gasteiger partial charge in [0.25, 0.3) is 0 Å². The number of amides is 1. The molecule has 0 unspecified atom stereocenters. The molecule has 0 radical (unpaired) electrons. The van der Waals surface area contributed by atoms with Gasteiger partial charge in [0.05, 0.1) is 12.0 Å². The summed E-state index contributed by atoms with van der Waals surface area (Å²) in [5.41, 5.74) is -0.808. The lowest BCUT2D eigenvalue weighted by Gasteiger charge is -2.32. The van der Waals surface area contributed by atoms with Crippen LogP contribution in [0.4, 0.5) is 0 Å². The van der Waals surface area contributed by atoms with E-state index in [1.54, 1.807) is 0 Å². The number of carbonyl (C=O) groups excluding carboxylic acids is 1. The maximum atomic E-state index is 11.8. The van der Waals surface area contributed by atoms with Gasteiger partial charge in [0.2, 0.25) is 5.91 Å². The van der Waals surface area contributed by atoms with Gasteiger partial charge in [0.1, 0.15) is 0 Å². The van der Waals surface area contributed by atoms with Crippen LogP contribution < -0.4 is 0 Å². The summed E-state index contributed by atoms with van der Waals surface area (Å²) in [6, 6.07) is 0. The first-order valence-electron chi connectivity index (χ1n) is 5.78. The first kappa shape index (κ1) is 10.9. The van der Waals surface area contributed by atoms with Crippen LogP contribution in [0.2, 0.25) is 0 Å². The molecule has 0 bridgehead atoms. The summed E-state index contributed by atoms with van der Waals surface area (Å²) in [6.07, 6.45) is 3.66. The molecule has 2 aliphatic heterocycles. The minimum absolute atomic E-state index is 0.108. The second kappa shape index (κ2) is 4.49. The Kier molecular flexibility index (Phi) is 3.26. The first-order chi connectivity index (χ1) is 7.20. The lowest BCUT2D eigenvalue weighted by molar-refractivity contribution is -0.139. The van der Waals surface area contributed by atoms with Gasteiger partial charge in [-0.2, -0.15) is 0 Å². The molecule has 2 saturated heterocycles. The summed E-state index contributed by atoms with van der Waals surface area (Å²) in [7, 11) is 0. The van der Waals surface area contributed by atoms with Crippen molar-refractivity contribution >= 4 is 5.91 Å². The maximum absolute atomic E-state index is 11.8. The van der Waals surface area contributed by atoms with Gasteiger partial charge in [0.15, 0.2) is 0 Å². The molecular formula is C11H19NO3. The van der Waals surface area contributed by atoms with Gasteiger partial charge < -0.3 is 14.7 Å². The number of carbonyl (C=O) groups is 1. The van der Waals surface area contributed by atoms with Gasteiger partial charge in [0, 0.05) is 39.1 Å². The lowest BCUT2D eigenvalue weighted by atomic mass is 9.90. The summed E-state index contributed by atoms with van der Waals surface area (Å²) in [6.45, 7) is 2.88. The topological polar surface area (TPSA) is 49.8 Å². The highest BCUT2D eigenvalue weighted by molar-refractivity contribution is 5.77. The molecule has 4 heteroatoms. The number of nitrogens with zero attached hydrogens (tertiary/aromatic N) is 1. The van der Waals surface area contributed by atoms with E-state index < -0.39 is 5.60 Å². The Balaban J connectivity index is 1.86. The highest BCUT2D eigenvalue weighted by Crippen LogP contribution is 2.25. The molecule has 2 heterocycles. The highest BCUT2D eigenvalue weighted by atomic mass is 16.5. The Morgan fingerprint density at radius 3 is 2.47 bits per heavy atom. The monoisotopic (exact) mass is 213 g/mol. The Hall–Kier alpha value is -0.610. The minimum atomic E-state index is -0.808. The van der Waals surface area contributed by atoms with Gasteiger partial charge in [-0.1, -0.05) is 0 Å². The molecule has 0 aliphatic carbocycles. The average molecular weight is 213 g/mol. The molecule has 0 aromatic heterocycles. The molecule has 1 N–H and O–H groups in total. The normalized spacial score (nSPS) is 25.5. The average Bonchev–Trinajstić information content (AvgIpc) is 2.70. The van der Waals surface area contributed by atoms with Crippen LogP contribution >= 0.6 is 0 Å². The van der Waals surface area contributed by atoms with E-state index >= 15 is 0 Å². The molecular weight excluding hydrogens is 194 g/mol. The van der Waals surface area contributed by atoms with Crippen molar-refractivity contribution in [2.24, 2.45) is 0 Å². The van der Waals surface area contributed by atoms with Crippen LogP contribution in [0.5, 0.6) is 0 Å². The standard InChI is InChI=1S/C11H19NO3/c13-10(12-5-1-2-6-12)9-11(14)3-7-15-8-4-11/h14H,1-9H2. The fraction of sp³-hybridized carbons (Fsp3) is 0.909. The summed E-state index contributed by atoms with van der Waals surface area (Å²) < 4.78 is 5.19. The number of hydrogen-bond donors (Lipinski definition) is 1. The molecule has 4 nitrogen and oxygen atoms in total. The molecule has 0 aromatic carbocycles. The van der Waals surface area contributed by atoms with E-state index in [1.807, 2.05) is 4.90 Å². The fourth-order valence-electron chi connectivity index (χ4n) is 2.29. The Morgan fingerprint density at radius 1 is 1.27 bits per heavy atom. The molecule has 0 spiro atoms. The Labute approximate surface area is 90.2 Å². The third kappa shape index (κ3) is 2.69. The van der Waals surface area contributed by atoms with Crippen LogP contribution in [0.25, 0.3) is 0 Å². The molecule has 2 rings (SSSR count). The fourth-order valence-corrected chi connectivity index (χ4v) is 2.29. The smallest absolute Gasteiger partial charge is 0.225 e. The van der Waals surface area contributed by atoms with E-state index in [2.05, 4.69) is 0 Å². The molecule has 2 aliphatic rings. The van der Waals surface area contributed by atoms with Gasteiger partial charge in [-0.15, -0.1) is 0 Å². The van der Waals surface area contributed by atoms with Gasteiger partial charge in [-0.25, -0.2) is 0 Å². The van der Waals surface area contributed by atoms with Crippen LogP contribution in [0.3, 0.4) is 0 Å². The van der Waals surface area contributed by atoms with Crippen molar-refractivity contribution in [2.45, 2.75) is 37.7 Å². The summed E-state index contributed by atoms with van der Waals surface area (Å²) in [5, 5.41) is 10.2. The van der Waals surface area contributed by atoms with E-state index in [0.29, 0.717) is 26.1 Å². The second-order valence-corrected chi connectivity index (χ2v) is 4.60. The number of ether oxygens (including phenoxy) is 1. The third-order valence-electron chi connectivity index (χ3n) is 3.36. The number of rotatable bonds is 2. The Morgan fingerprint density at radius 2 is 1.87 bits per heavy atom. The van der Waals surface area contributed by atoms with E-state index in [4.69, 9.17) is 4.74 Å². The molecule has 0 aromatic rings. The second-order valence-electron chi connectivity index (χ2n) is 4.60. The zero-order valence-electron chi connectivity index (χ0n) is 9.07. The Bertz CT molecular complexity index is 230. The van der Waals surface area contributed by atoms with Crippen LogP contribution in [-0.4, -0.2) is 47.8 Å². The largest absolute Gasteiger partial charge is 0.389 e. The number of hydrogen-bond acceptors (Lipinski definition) is 3.